The fourth-order valence-electron chi connectivity index (χ4n) is 1.71. The molecular weight excluding hydrogens is 204 g/mol. The Morgan fingerprint density at radius 2 is 1.93 bits per heavy atom. The number of hydrogen-bond acceptors (Lipinski definition) is 2. The first-order valence-electron chi connectivity index (χ1n) is 5.43. The fourth-order valence-corrected chi connectivity index (χ4v) is 1.80. The van der Waals surface area contributed by atoms with Gasteiger partial charge in [-0.1, -0.05) is 30.3 Å². The van der Waals surface area contributed by atoms with E-state index in [4.69, 9.17) is 4.74 Å². The van der Waals surface area contributed by atoms with Crippen LogP contribution in [0.5, 0.6) is 0 Å². The van der Waals surface area contributed by atoms with Crippen molar-refractivity contribution in [2.45, 2.75) is 19.3 Å². The van der Waals surface area contributed by atoms with Gasteiger partial charge in [-0.05, 0) is 24.8 Å². The summed E-state index contributed by atoms with van der Waals surface area (Å²) in [7, 11) is 0. The maximum absolute atomic E-state index is 5.78. The molecule has 1 nitrogen and oxygen atoms in total. The molecule has 1 fully saturated rings. The van der Waals surface area contributed by atoms with Crippen LogP contribution in [-0.2, 0) is 4.74 Å². The highest BCUT2D eigenvalue weighted by molar-refractivity contribution is 7.80. The van der Waals surface area contributed by atoms with Crippen molar-refractivity contribution in [1.29, 1.82) is 0 Å². The molecule has 0 aromatic heterocycles. The Morgan fingerprint density at radius 1 is 1.20 bits per heavy atom. The summed E-state index contributed by atoms with van der Waals surface area (Å²) in [4.78, 5) is 0. The number of allylic oxidation sites excluding steroid dienone is 1. The van der Waals surface area contributed by atoms with Crippen molar-refractivity contribution >= 4 is 18.4 Å². The van der Waals surface area contributed by atoms with Crippen LogP contribution >= 0.6 is 12.6 Å². The third-order valence-corrected chi connectivity index (χ3v) is 2.83. The zero-order valence-corrected chi connectivity index (χ0v) is 9.67. The minimum atomic E-state index is 0.691. The number of thiol groups is 1. The zero-order chi connectivity index (χ0) is 10.5. The average molecular weight is 220 g/mol. The third-order valence-electron chi connectivity index (χ3n) is 2.65. The second kappa shape index (κ2) is 5.26. The first kappa shape index (κ1) is 10.6. The zero-order valence-electron chi connectivity index (χ0n) is 8.78. The molecule has 1 aromatic carbocycles. The summed E-state index contributed by atoms with van der Waals surface area (Å²) in [6, 6.07) is 10.4. The molecule has 0 N–H and O–H groups in total. The van der Waals surface area contributed by atoms with E-state index < -0.39 is 0 Å². The van der Waals surface area contributed by atoms with Gasteiger partial charge in [-0.2, -0.15) is 12.6 Å². The van der Waals surface area contributed by atoms with Crippen LogP contribution in [0.3, 0.4) is 0 Å². The quantitative estimate of drug-likeness (QED) is 0.603. The van der Waals surface area contributed by atoms with Crippen LogP contribution in [0.1, 0.15) is 24.8 Å². The second-order valence-corrected chi connectivity index (χ2v) is 4.17. The SMILES string of the molecule is SCCOC(=C1CCC1)c1ccccc1. The Morgan fingerprint density at radius 3 is 2.47 bits per heavy atom. The van der Waals surface area contributed by atoms with Crippen molar-refractivity contribution in [3.05, 3.63) is 41.5 Å². The van der Waals surface area contributed by atoms with Gasteiger partial charge in [-0.25, -0.2) is 0 Å². The summed E-state index contributed by atoms with van der Waals surface area (Å²) in [5, 5.41) is 0. The van der Waals surface area contributed by atoms with Crippen molar-refractivity contribution in [2.24, 2.45) is 0 Å². The lowest BCUT2D eigenvalue weighted by Gasteiger charge is -2.22. The van der Waals surface area contributed by atoms with Crippen molar-refractivity contribution in [1.82, 2.24) is 0 Å². The summed E-state index contributed by atoms with van der Waals surface area (Å²) in [5.74, 6) is 1.86. The summed E-state index contributed by atoms with van der Waals surface area (Å²) in [5.41, 5.74) is 2.66. The highest BCUT2D eigenvalue weighted by Crippen LogP contribution is 2.34. The van der Waals surface area contributed by atoms with Gasteiger partial charge in [0.25, 0.3) is 0 Å². The molecule has 1 aliphatic rings. The van der Waals surface area contributed by atoms with Gasteiger partial charge in [0, 0.05) is 11.3 Å². The normalized spacial score (nSPS) is 14.6. The van der Waals surface area contributed by atoms with Crippen LogP contribution in [0.25, 0.3) is 5.76 Å². The minimum absolute atomic E-state index is 0.691. The maximum Gasteiger partial charge on any atom is 0.125 e. The predicted octanol–water partition coefficient (Wildman–Crippen LogP) is 3.53. The summed E-state index contributed by atoms with van der Waals surface area (Å²) in [6.07, 6.45) is 3.68. The number of hydrogen-bond donors (Lipinski definition) is 1. The van der Waals surface area contributed by atoms with E-state index in [0.29, 0.717) is 6.61 Å². The summed E-state index contributed by atoms with van der Waals surface area (Å²) in [6.45, 7) is 0.691. The molecule has 0 spiro atoms. The highest BCUT2D eigenvalue weighted by atomic mass is 32.1. The van der Waals surface area contributed by atoms with Crippen molar-refractivity contribution in [3.63, 3.8) is 0 Å². The molecule has 15 heavy (non-hydrogen) atoms. The fraction of sp³-hybridized carbons (Fsp3) is 0.385. The molecule has 80 valence electrons. The first-order chi connectivity index (χ1) is 7.42. The second-order valence-electron chi connectivity index (χ2n) is 3.72. The number of rotatable bonds is 4. The Bertz CT molecular complexity index is 337. The van der Waals surface area contributed by atoms with E-state index in [0.717, 1.165) is 11.5 Å². The van der Waals surface area contributed by atoms with Gasteiger partial charge in [-0.15, -0.1) is 0 Å². The van der Waals surface area contributed by atoms with E-state index in [-0.39, 0.29) is 0 Å². The van der Waals surface area contributed by atoms with E-state index in [2.05, 4.69) is 36.9 Å². The molecule has 0 unspecified atom stereocenters. The van der Waals surface area contributed by atoms with Gasteiger partial charge in [0.1, 0.15) is 5.76 Å². The van der Waals surface area contributed by atoms with Crippen molar-refractivity contribution < 1.29 is 4.74 Å². The van der Waals surface area contributed by atoms with Gasteiger partial charge in [0.05, 0.1) is 6.61 Å². The summed E-state index contributed by atoms with van der Waals surface area (Å²) >= 11 is 4.18. The topological polar surface area (TPSA) is 9.23 Å². The molecule has 1 saturated carbocycles. The lowest BCUT2D eigenvalue weighted by molar-refractivity contribution is 0.294. The van der Waals surface area contributed by atoms with Gasteiger partial charge < -0.3 is 4.74 Å². The van der Waals surface area contributed by atoms with Crippen LogP contribution in [0.4, 0.5) is 0 Å². The van der Waals surface area contributed by atoms with E-state index in [1.165, 1.54) is 30.4 Å². The van der Waals surface area contributed by atoms with Gasteiger partial charge in [-0.3, -0.25) is 0 Å². The average Bonchev–Trinajstić information content (AvgIpc) is 2.22. The molecular formula is C13H16OS. The Labute approximate surface area is 96.6 Å². The molecule has 0 aliphatic heterocycles. The largest absolute Gasteiger partial charge is 0.492 e. The predicted molar refractivity (Wildman–Crippen MR) is 67.0 cm³/mol. The molecule has 2 heteroatoms. The summed E-state index contributed by atoms with van der Waals surface area (Å²) < 4.78 is 5.78. The maximum atomic E-state index is 5.78. The smallest absolute Gasteiger partial charge is 0.125 e. The van der Waals surface area contributed by atoms with Crippen LogP contribution < -0.4 is 0 Å². The monoisotopic (exact) mass is 220 g/mol. The molecule has 0 bridgehead atoms. The highest BCUT2D eigenvalue weighted by Gasteiger charge is 2.16. The molecule has 0 amide bonds. The standard InChI is InChI=1S/C13H16OS/c15-10-9-14-13(12-7-4-8-12)11-5-2-1-3-6-11/h1-3,5-6,15H,4,7-10H2. The third kappa shape index (κ3) is 2.57. The lowest BCUT2D eigenvalue weighted by atomic mass is 9.89. The van der Waals surface area contributed by atoms with Gasteiger partial charge in [0.2, 0.25) is 0 Å². The molecule has 0 radical (unpaired) electrons. The molecule has 1 aliphatic carbocycles. The van der Waals surface area contributed by atoms with Crippen LogP contribution in [-0.4, -0.2) is 12.4 Å². The van der Waals surface area contributed by atoms with Gasteiger partial charge >= 0.3 is 0 Å². The Balaban J connectivity index is 2.19. The van der Waals surface area contributed by atoms with E-state index >= 15 is 0 Å². The van der Waals surface area contributed by atoms with Crippen LogP contribution in [0, 0.1) is 0 Å². The molecule has 0 saturated heterocycles. The van der Waals surface area contributed by atoms with E-state index in [1.54, 1.807) is 0 Å². The molecule has 2 rings (SSSR count). The Kier molecular flexibility index (Phi) is 3.73. The van der Waals surface area contributed by atoms with Crippen molar-refractivity contribution in [2.75, 3.05) is 12.4 Å². The molecule has 0 heterocycles. The number of benzene rings is 1. The van der Waals surface area contributed by atoms with E-state index in [1.807, 2.05) is 6.07 Å². The van der Waals surface area contributed by atoms with Crippen molar-refractivity contribution in [3.8, 4) is 0 Å². The van der Waals surface area contributed by atoms with Crippen LogP contribution in [0.2, 0.25) is 0 Å². The number of ether oxygens (including phenoxy) is 1. The molecule has 0 atom stereocenters. The van der Waals surface area contributed by atoms with Crippen LogP contribution in [0.15, 0.2) is 35.9 Å². The lowest BCUT2D eigenvalue weighted by Crippen LogP contribution is -2.06. The Hall–Kier alpha value is -0.890. The van der Waals surface area contributed by atoms with E-state index in [9.17, 15) is 0 Å². The van der Waals surface area contributed by atoms with Gasteiger partial charge in [0.15, 0.2) is 0 Å². The molecule has 1 aromatic rings. The first-order valence-corrected chi connectivity index (χ1v) is 6.06. The minimum Gasteiger partial charge on any atom is -0.492 e.